The highest BCUT2D eigenvalue weighted by Gasteiger charge is 2.44. The van der Waals surface area contributed by atoms with E-state index in [0.717, 1.165) is 38.5 Å². The number of ether oxygens (including phenoxy) is 2. The number of hydrogen-bond acceptors (Lipinski definition) is 10. The van der Waals surface area contributed by atoms with Crippen LogP contribution in [0.1, 0.15) is 296 Å². The minimum atomic E-state index is -1.66. The first-order valence-corrected chi connectivity index (χ1v) is 30.6. The number of amides is 1. The molecule has 422 valence electrons. The van der Waals surface area contributed by atoms with Crippen molar-refractivity contribution in [1.82, 2.24) is 5.32 Å². The first kappa shape index (κ1) is 67.9. The predicted octanol–water partition coefficient (Wildman–Crippen LogP) is 13.1. The number of hydrogen-bond donors (Lipinski definition) is 8. The van der Waals surface area contributed by atoms with Crippen LogP contribution in [-0.4, -0.2) is 110 Å². The molecule has 11 nitrogen and oxygen atoms in total. The summed E-state index contributed by atoms with van der Waals surface area (Å²) in [5, 5.41) is 76.1. The lowest BCUT2D eigenvalue weighted by Gasteiger charge is -2.40. The Morgan fingerprint density at radius 3 is 1.21 bits per heavy atom. The standard InChI is InChI=1S/C60H117NO10/c1-3-5-7-9-11-13-15-17-19-20-21-22-23-24-25-26-27-28-29-30-31-32-33-34-36-38-40-42-44-46-48-53(64)59(69)61-51(50-70-60-58(68)57(67)56(66)54(49-62)71-60)55(65)52(63)47-45-43-41-39-37-35-18-16-14-12-10-8-6-4-2/h39,41,51-58,60,62-68H,3-38,40,42-50H2,1-2H3,(H,61,69)/b41-39+. The second-order valence-electron chi connectivity index (χ2n) is 21.8. The zero-order valence-corrected chi connectivity index (χ0v) is 46.2. The zero-order valence-electron chi connectivity index (χ0n) is 46.2. The molecule has 9 atom stereocenters. The number of carbonyl (C=O) groups excluding carboxylic acids is 1. The van der Waals surface area contributed by atoms with Gasteiger partial charge in [0, 0.05) is 0 Å². The number of unbranched alkanes of at least 4 members (excludes halogenated alkanes) is 39. The first-order valence-electron chi connectivity index (χ1n) is 30.6. The molecule has 9 unspecified atom stereocenters. The summed E-state index contributed by atoms with van der Waals surface area (Å²) in [6.45, 7) is 3.47. The van der Waals surface area contributed by atoms with Crippen molar-refractivity contribution in [2.45, 2.75) is 351 Å². The molecule has 1 aliphatic heterocycles. The van der Waals surface area contributed by atoms with Crippen LogP contribution in [0.25, 0.3) is 0 Å². The van der Waals surface area contributed by atoms with E-state index in [1.807, 2.05) is 0 Å². The van der Waals surface area contributed by atoms with Gasteiger partial charge < -0.3 is 50.5 Å². The van der Waals surface area contributed by atoms with Crippen LogP contribution in [0.4, 0.5) is 0 Å². The third-order valence-corrected chi connectivity index (χ3v) is 15.1. The lowest BCUT2D eigenvalue weighted by Crippen LogP contribution is -2.60. The molecular formula is C60H117NO10. The summed E-state index contributed by atoms with van der Waals surface area (Å²) in [5.41, 5.74) is 0. The fraction of sp³-hybridized carbons (Fsp3) is 0.950. The summed E-state index contributed by atoms with van der Waals surface area (Å²) < 4.78 is 11.1. The van der Waals surface area contributed by atoms with E-state index in [-0.39, 0.29) is 12.8 Å². The van der Waals surface area contributed by atoms with Crippen LogP contribution in [0.3, 0.4) is 0 Å². The monoisotopic (exact) mass is 1010 g/mol. The van der Waals surface area contributed by atoms with Crippen LogP contribution in [0, 0.1) is 0 Å². The fourth-order valence-electron chi connectivity index (χ4n) is 10.1. The van der Waals surface area contributed by atoms with E-state index >= 15 is 0 Å². The number of nitrogens with one attached hydrogen (secondary N) is 1. The number of aliphatic hydroxyl groups is 7. The highest BCUT2D eigenvalue weighted by Crippen LogP contribution is 2.24. The third-order valence-electron chi connectivity index (χ3n) is 15.1. The van der Waals surface area contributed by atoms with Crippen molar-refractivity contribution in [3.05, 3.63) is 12.2 Å². The van der Waals surface area contributed by atoms with Crippen molar-refractivity contribution < 1.29 is 50.0 Å². The van der Waals surface area contributed by atoms with Crippen molar-refractivity contribution in [3.8, 4) is 0 Å². The van der Waals surface area contributed by atoms with Gasteiger partial charge in [0.05, 0.1) is 25.4 Å². The molecule has 0 aliphatic carbocycles. The van der Waals surface area contributed by atoms with E-state index in [0.29, 0.717) is 12.8 Å². The average Bonchev–Trinajstić information content (AvgIpc) is 3.37. The highest BCUT2D eigenvalue weighted by atomic mass is 16.7. The number of rotatable bonds is 53. The molecule has 1 rings (SSSR count). The third kappa shape index (κ3) is 38.1. The second-order valence-corrected chi connectivity index (χ2v) is 21.8. The Hall–Kier alpha value is -1.15. The summed E-state index contributed by atoms with van der Waals surface area (Å²) in [7, 11) is 0. The average molecular weight is 1010 g/mol. The molecule has 0 spiro atoms. The molecule has 0 aromatic carbocycles. The van der Waals surface area contributed by atoms with E-state index in [4.69, 9.17) is 9.47 Å². The fourth-order valence-corrected chi connectivity index (χ4v) is 10.1. The number of allylic oxidation sites excluding steroid dienone is 2. The van der Waals surface area contributed by atoms with Crippen LogP contribution in [0.5, 0.6) is 0 Å². The minimum Gasteiger partial charge on any atom is -0.394 e. The van der Waals surface area contributed by atoms with E-state index < -0.39 is 74.2 Å². The van der Waals surface area contributed by atoms with Gasteiger partial charge in [0.15, 0.2) is 6.29 Å². The number of carbonyl (C=O) groups is 1. The van der Waals surface area contributed by atoms with E-state index in [2.05, 4.69) is 31.3 Å². The molecule has 1 heterocycles. The normalized spacial score (nSPS) is 20.2. The maximum Gasteiger partial charge on any atom is 0.249 e. The molecule has 0 aromatic heterocycles. The highest BCUT2D eigenvalue weighted by molar-refractivity contribution is 5.80. The van der Waals surface area contributed by atoms with E-state index in [1.165, 1.54) is 218 Å². The van der Waals surface area contributed by atoms with Gasteiger partial charge in [-0.15, -0.1) is 0 Å². The topological polar surface area (TPSA) is 189 Å². The molecule has 1 saturated heterocycles. The van der Waals surface area contributed by atoms with Gasteiger partial charge in [-0.05, 0) is 38.5 Å². The van der Waals surface area contributed by atoms with Gasteiger partial charge >= 0.3 is 0 Å². The second kappa shape index (κ2) is 49.7. The maximum atomic E-state index is 13.2. The summed E-state index contributed by atoms with van der Waals surface area (Å²) in [6, 6.07) is -1.18. The molecule has 0 bridgehead atoms. The van der Waals surface area contributed by atoms with Gasteiger partial charge in [-0.2, -0.15) is 0 Å². The van der Waals surface area contributed by atoms with Crippen LogP contribution in [-0.2, 0) is 14.3 Å². The number of aliphatic hydroxyl groups excluding tert-OH is 7. The lowest BCUT2D eigenvalue weighted by atomic mass is 9.98. The van der Waals surface area contributed by atoms with Gasteiger partial charge in [0.2, 0.25) is 5.91 Å². The van der Waals surface area contributed by atoms with Crippen LogP contribution in [0.15, 0.2) is 12.2 Å². The van der Waals surface area contributed by atoms with Crippen molar-refractivity contribution in [3.63, 3.8) is 0 Å². The van der Waals surface area contributed by atoms with Crippen molar-refractivity contribution in [1.29, 1.82) is 0 Å². The molecule has 1 aliphatic rings. The largest absolute Gasteiger partial charge is 0.394 e. The Kier molecular flexibility index (Phi) is 47.5. The molecule has 1 fully saturated rings. The quantitative estimate of drug-likeness (QED) is 0.0215. The lowest BCUT2D eigenvalue weighted by molar-refractivity contribution is -0.303. The molecule has 11 heteroatoms. The van der Waals surface area contributed by atoms with Crippen LogP contribution < -0.4 is 5.32 Å². The Balaban J connectivity index is 2.20. The van der Waals surface area contributed by atoms with Crippen LogP contribution >= 0.6 is 0 Å². The Morgan fingerprint density at radius 1 is 0.479 bits per heavy atom. The van der Waals surface area contributed by atoms with Gasteiger partial charge in [0.1, 0.15) is 36.6 Å². The molecule has 0 saturated carbocycles. The zero-order chi connectivity index (χ0) is 51.8. The van der Waals surface area contributed by atoms with Gasteiger partial charge in [-0.3, -0.25) is 4.79 Å². The van der Waals surface area contributed by atoms with E-state index in [9.17, 15) is 40.5 Å². The van der Waals surface area contributed by atoms with Gasteiger partial charge in [-0.25, -0.2) is 0 Å². The Morgan fingerprint density at radius 2 is 0.831 bits per heavy atom. The minimum absolute atomic E-state index is 0.260. The summed E-state index contributed by atoms with van der Waals surface area (Å²) in [4.78, 5) is 13.2. The molecule has 8 N–H and O–H groups in total. The smallest absolute Gasteiger partial charge is 0.249 e. The SMILES string of the molecule is CCCCCCCCCCC/C=C/CCCC(O)C(O)C(COC1OC(CO)C(O)C(O)C1O)NC(=O)C(O)CCCCCCCCCCCCCCCCCCCCCCCCCCCCCCCC. The molecule has 0 radical (unpaired) electrons. The maximum absolute atomic E-state index is 13.2. The molecule has 1 amide bonds. The van der Waals surface area contributed by atoms with Crippen molar-refractivity contribution in [2.75, 3.05) is 13.2 Å². The first-order chi connectivity index (χ1) is 34.7. The summed E-state index contributed by atoms with van der Waals surface area (Å²) in [6.07, 6.45) is 47.2. The van der Waals surface area contributed by atoms with Gasteiger partial charge in [-0.1, -0.05) is 270 Å². The van der Waals surface area contributed by atoms with Crippen LogP contribution in [0.2, 0.25) is 0 Å². The molecule has 71 heavy (non-hydrogen) atoms. The predicted molar refractivity (Wildman–Crippen MR) is 293 cm³/mol. The van der Waals surface area contributed by atoms with E-state index in [1.54, 1.807) is 0 Å². The summed E-state index contributed by atoms with van der Waals surface area (Å²) in [5.74, 6) is -0.700. The van der Waals surface area contributed by atoms with Gasteiger partial charge in [0.25, 0.3) is 0 Å². The molecular weight excluding hydrogens is 895 g/mol. The van der Waals surface area contributed by atoms with Crippen molar-refractivity contribution >= 4 is 5.91 Å². The molecule has 0 aromatic rings. The summed E-state index contributed by atoms with van der Waals surface area (Å²) >= 11 is 0. The Bertz CT molecular complexity index is 1160. The Labute approximate surface area is 436 Å². The van der Waals surface area contributed by atoms with Crippen molar-refractivity contribution in [2.24, 2.45) is 0 Å².